The molecule has 1 atom stereocenters. The van der Waals surface area contributed by atoms with Crippen molar-refractivity contribution in [2.24, 2.45) is 5.92 Å². The molecular weight excluding hydrogens is 364 g/mol. The molecule has 0 fully saturated rings. The van der Waals surface area contributed by atoms with Gasteiger partial charge in [-0.15, -0.1) is 0 Å². The first-order valence-electron chi connectivity index (χ1n) is 12.6. The Labute approximate surface area is 185 Å². The predicted octanol–water partition coefficient (Wildman–Crippen LogP) is 8.59. The highest BCUT2D eigenvalue weighted by molar-refractivity contribution is 5.55. The monoisotopic (exact) mass is 408 g/mol. The Kier molecular flexibility index (Phi) is 12.4. The quantitative estimate of drug-likeness (QED) is 0.260. The Hall–Kier alpha value is -1.70. The molecule has 166 valence electrons. The van der Waals surface area contributed by atoms with Crippen molar-refractivity contribution >= 4 is 0 Å². The summed E-state index contributed by atoms with van der Waals surface area (Å²) in [6.07, 6.45) is 22.4. The van der Waals surface area contributed by atoms with E-state index in [1.165, 1.54) is 94.6 Å². The second-order valence-corrected chi connectivity index (χ2v) is 9.10. The Balaban J connectivity index is 1.67. The maximum Gasteiger partial charge on any atom is 0.159 e. The van der Waals surface area contributed by atoms with E-state index in [4.69, 9.17) is 0 Å². The second kappa shape index (κ2) is 15.2. The highest BCUT2D eigenvalue weighted by atomic mass is 14.9. The molecule has 0 aliphatic carbocycles. The number of benzene rings is 1. The van der Waals surface area contributed by atoms with Crippen LogP contribution in [0.25, 0.3) is 11.4 Å². The van der Waals surface area contributed by atoms with E-state index in [0.29, 0.717) is 0 Å². The lowest BCUT2D eigenvalue weighted by molar-refractivity contribution is 0.475. The first-order chi connectivity index (χ1) is 14.7. The van der Waals surface area contributed by atoms with Crippen LogP contribution in [-0.2, 0) is 12.8 Å². The van der Waals surface area contributed by atoms with Crippen LogP contribution in [0, 0.1) is 5.92 Å². The maximum absolute atomic E-state index is 4.61. The number of hydrogen-bond donors (Lipinski definition) is 0. The molecule has 0 saturated carbocycles. The fourth-order valence-corrected chi connectivity index (χ4v) is 3.94. The lowest BCUT2D eigenvalue weighted by Crippen LogP contribution is -1.94. The van der Waals surface area contributed by atoms with Crippen LogP contribution in [0.2, 0.25) is 0 Å². The standard InChI is InChI=1S/C28H44N2/c1-4-6-7-8-9-14-17-26-22-29-28(30-23-26)27-20-18-25(19-21-27)16-13-11-10-12-15-24(3)5-2/h18-24H,4-17H2,1-3H3. The zero-order chi connectivity index (χ0) is 21.4. The molecule has 0 radical (unpaired) electrons. The summed E-state index contributed by atoms with van der Waals surface area (Å²) >= 11 is 0. The van der Waals surface area contributed by atoms with Gasteiger partial charge in [0, 0.05) is 18.0 Å². The Morgan fingerprint density at radius 2 is 1.23 bits per heavy atom. The van der Waals surface area contributed by atoms with Gasteiger partial charge in [0.1, 0.15) is 0 Å². The number of nitrogens with zero attached hydrogens (tertiary/aromatic N) is 2. The van der Waals surface area contributed by atoms with E-state index in [9.17, 15) is 0 Å². The Bertz CT molecular complexity index is 660. The van der Waals surface area contributed by atoms with Gasteiger partial charge in [-0.25, -0.2) is 9.97 Å². The van der Waals surface area contributed by atoms with Crippen LogP contribution >= 0.6 is 0 Å². The third kappa shape index (κ3) is 9.87. The smallest absolute Gasteiger partial charge is 0.159 e. The molecular formula is C28H44N2. The van der Waals surface area contributed by atoms with Gasteiger partial charge in [0.15, 0.2) is 5.82 Å². The van der Waals surface area contributed by atoms with Gasteiger partial charge < -0.3 is 0 Å². The molecule has 2 rings (SSSR count). The van der Waals surface area contributed by atoms with Crippen LogP contribution in [0.1, 0.15) is 109 Å². The van der Waals surface area contributed by atoms with Crippen LogP contribution < -0.4 is 0 Å². The lowest BCUT2D eigenvalue weighted by atomic mass is 9.99. The van der Waals surface area contributed by atoms with Gasteiger partial charge in [-0.3, -0.25) is 0 Å². The second-order valence-electron chi connectivity index (χ2n) is 9.10. The zero-order valence-electron chi connectivity index (χ0n) is 19.8. The van der Waals surface area contributed by atoms with E-state index in [-0.39, 0.29) is 0 Å². The van der Waals surface area contributed by atoms with Crippen LogP contribution in [-0.4, -0.2) is 9.97 Å². The van der Waals surface area contributed by atoms with E-state index in [1.54, 1.807) is 0 Å². The fourth-order valence-electron chi connectivity index (χ4n) is 3.94. The molecule has 1 heterocycles. The number of rotatable bonds is 16. The van der Waals surface area contributed by atoms with Crippen LogP contribution in [0.3, 0.4) is 0 Å². The van der Waals surface area contributed by atoms with Gasteiger partial charge in [-0.2, -0.15) is 0 Å². The lowest BCUT2D eigenvalue weighted by Gasteiger charge is -2.08. The van der Waals surface area contributed by atoms with E-state index < -0.39 is 0 Å². The summed E-state index contributed by atoms with van der Waals surface area (Å²) in [5, 5.41) is 0. The number of unbranched alkanes of at least 4 members (excludes halogenated alkanes) is 8. The molecule has 2 aromatic rings. The van der Waals surface area contributed by atoms with Gasteiger partial charge in [0.25, 0.3) is 0 Å². The summed E-state index contributed by atoms with van der Waals surface area (Å²) in [5.74, 6) is 1.74. The maximum atomic E-state index is 4.61. The topological polar surface area (TPSA) is 25.8 Å². The Morgan fingerprint density at radius 1 is 0.667 bits per heavy atom. The SMILES string of the molecule is CCCCCCCCc1cnc(-c2ccc(CCCCCCC(C)CC)cc2)nc1. The molecule has 0 aliphatic rings. The summed E-state index contributed by atoms with van der Waals surface area (Å²) in [4.78, 5) is 9.23. The summed E-state index contributed by atoms with van der Waals surface area (Å²) < 4.78 is 0. The molecule has 0 aliphatic heterocycles. The highest BCUT2D eigenvalue weighted by Crippen LogP contribution is 2.18. The number of hydrogen-bond acceptors (Lipinski definition) is 2. The minimum Gasteiger partial charge on any atom is -0.236 e. The molecule has 0 saturated heterocycles. The van der Waals surface area contributed by atoms with Crippen molar-refractivity contribution in [1.29, 1.82) is 0 Å². The fraction of sp³-hybridized carbons (Fsp3) is 0.643. The average Bonchev–Trinajstić information content (AvgIpc) is 2.79. The third-order valence-corrected chi connectivity index (χ3v) is 6.35. The normalized spacial score (nSPS) is 12.2. The van der Waals surface area contributed by atoms with Crippen molar-refractivity contribution in [3.63, 3.8) is 0 Å². The Morgan fingerprint density at radius 3 is 1.87 bits per heavy atom. The van der Waals surface area contributed by atoms with Crippen molar-refractivity contribution in [2.45, 2.75) is 111 Å². The highest BCUT2D eigenvalue weighted by Gasteiger charge is 2.03. The van der Waals surface area contributed by atoms with E-state index in [1.807, 2.05) is 12.4 Å². The van der Waals surface area contributed by atoms with Crippen molar-refractivity contribution in [1.82, 2.24) is 9.97 Å². The minimum absolute atomic E-state index is 0.846. The van der Waals surface area contributed by atoms with Gasteiger partial charge in [0.2, 0.25) is 0 Å². The van der Waals surface area contributed by atoms with E-state index >= 15 is 0 Å². The van der Waals surface area contributed by atoms with Crippen molar-refractivity contribution in [3.05, 3.63) is 47.8 Å². The minimum atomic E-state index is 0.846. The summed E-state index contributed by atoms with van der Waals surface area (Å²) in [6, 6.07) is 8.87. The van der Waals surface area contributed by atoms with Gasteiger partial charge >= 0.3 is 0 Å². The summed E-state index contributed by atoms with van der Waals surface area (Å²) in [6.45, 7) is 6.93. The largest absolute Gasteiger partial charge is 0.236 e. The predicted molar refractivity (Wildman–Crippen MR) is 131 cm³/mol. The van der Waals surface area contributed by atoms with Gasteiger partial charge in [-0.05, 0) is 42.7 Å². The van der Waals surface area contributed by atoms with E-state index in [0.717, 1.165) is 23.7 Å². The molecule has 2 heteroatoms. The van der Waals surface area contributed by atoms with Crippen molar-refractivity contribution < 1.29 is 0 Å². The molecule has 0 bridgehead atoms. The summed E-state index contributed by atoms with van der Waals surface area (Å²) in [5.41, 5.74) is 3.82. The average molecular weight is 409 g/mol. The number of aromatic nitrogens is 2. The van der Waals surface area contributed by atoms with Crippen molar-refractivity contribution in [3.8, 4) is 11.4 Å². The van der Waals surface area contributed by atoms with Crippen LogP contribution in [0.5, 0.6) is 0 Å². The molecule has 1 aromatic carbocycles. The molecule has 30 heavy (non-hydrogen) atoms. The third-order valence-electron chi connectivity index (χ3n) is 6.35. The van der Waals surface area contributed by atoms with Crippen molar-refractivity contribution in [2.75, 3.05) is 0 Å². The number of aryl methyl sites for hydroxylation is 2. The van der Waals surface area contributed by atoms with E-state index in [2.05, 4.69) is 55.0 Å². The molecule has 1 unspecified atom stereocenters. The zero-order valence-corrected chi connectivity index (χ0v) is 19.8. The molecule has 1 aromatic heterocycles. The molecule has 0 N–H and O–H groups in total. The first-order valence-corrected chi connectivity index (χ1v) is 12.6. The van der Waals surface area contributed by atoms with Gasteiger partial charge in [0.05, 0.1) is 0 Å². The van der Waals surface area contributed by atoms with Crippen LogP contribution in [0.4, 0.5) is 0 Å². The van der Waals surface area contributed by atoms with Crippen LogP contribution in [0.15, 0.2) is 36.7 Å². The molecule has 2 nitrogen and oxygen atoms in total. The first kappa shape index (κ1) is 24.6. The molecule has 0 spiro atoms. The summed E-state index contributed by atoms with van der Waals surface area (Å²) in [7, 11) is 0. The van der Waals surface area contributed by atoms with Gasteiger partial charge in [-0.1, -0.05) is 109 Å². The molecule has 0 amide bonds.